The number of hydrogen-bond donors (Lipinski definition) is 1. The molecule has 0 unspecified atom stereocenters. The molecule has 0 saturated heterocycles. The van der Waals surface area contributed by atoms with Crippen LogP contribution in [0.4, 0.5) is 5.00 Å². The van der Waals surface area contributed by atoms with Gasteiger partial charge in [0, 0.05) is 4.88 Å². The van der Waals surface area contributed by atoms with Crippen LogP contribution < -0.4 is 5.32 Å². The Morgan fingerprint density at radius 1 is 1.45 bits per heavy atom. The Labute approximate surface area is 137 Å². The van der Waals surface area contributed by atoms with E-state index in [0.29, 0.717) is 18.0 Å². The second-order valence-electron chi connectivity index (χ2n) is 7.41. The number of thiophene rings is 1. The first kappa shape index (κ1) is 17.0. The smallest absolute Gasteiger partial charge is 0.239 e. The van der Waals surface area contributed by atoms with Crippen molar-refractivity contribution in [3.8, 4) is 6.07 Å². The third kappa shape index (κ3) is 3.68. The van der Waals surface area contributed by atoms with Gasteiger partial charge in [-0.15, -0.1) is 11.3 Å². The Kier molecular flexibility index (Phi) is 4.93. The molecule has 0 bridgehead atoms. The molecule has 0 radical (unpaired) electrons. The van der Waals surface area contributed by atoms with Gasteiger partial charge < -0.3 is 10.2 Å². The number of likely N-dealkylation sites (N-methyl/N-ethyl adjacent to an activating group) is 1. The fourth-order valence-electron chi connectivity index (χ4n) is 2.98. The minimum atomic E-state index is -0.0625. The Hall–Kier alpha value is -1.38. The lowest BCUT2D eigenvalue weighted by Crippen LogP contribution is -2.27. The first-order chi connectivity index (χ1) is 10.2. The van der Waals surface area contributed by atoms with Crippen molar-refractivity contribution in [1.29, 1.82) is 5.26 Å². The van der Waals surface area contributed by atoms with Crippen molar-refractivity contribution in [1.82, 2.24) is 4.90 Å². The first-order valence-electron chi connectivity index (χ1n) is 7.71. The minimum Gasteiger partial charge on any atom is -0.315 e. The highest BCUT2D eigenvalue weighted by Gasteiger charge is 2.32. The number of rotatable bonds is 3. The molecule has 1 aromatic rings. The summed E-state index contributed by atoms with van der Waals surface area (Å²) in [5, 5.41) is 13.1. The van der Waals surface area contributed by atoms with Crippen LogP contribution in [-0.2, 0) is 17.6 Å². The van der Waals surface area contributed by atoms with Crippen molar-refractivity contribution in [2.45, 2.75) is 40.0 Å². The summed E-state index contributed by atoms with van der Waals surface area (Å²) < 4.78 is 0. The van der Waals surface area contributed by atoms with E-state index in [1.807, 2.05) is 19.0 Å². The summed E-state index contributed by atoms with van der Waals surface area (Å²) in [4.78, 5) is 15.1. The summed E-state index contributed by atoms with van der Waals surface area (Å²) in [6.07, 6.45) is 3.08. The molecular formula is C17H25N3OS. The maximum Gasteiger partial charge on any atom is 0.239 e. The normalized spacial score (nSPS) is 18.0. The molecule has 1 atom stereocenters. The van der Waals surface area contributed by atoms with E-state index < -0.39 is 0 Å². The number of nitriles is 1. The summed E-state index contributed by atoms with van der Waals surface area (Å²) in [5.41, 5.74) is 2.12. The van der Waals surface area contributed by atoms with E-state index in [-0.39, 0.29) is 11.3 Å². The molecule has 22 heavy (non-hydrogen) atoms. The van der Waals surface area contributed by atoms with Crippen LogP contribution in [0, 0.1) is 22.7 Å². The standard InChI is InChI=1S/C17H25N3OS/c1-17(2,3)11-6-7-12-13(9-18)16(22-14(12)8-11)19-15(21)10-20(4)5/h11H,6-8,10H2,1-5H3,(H,19,21)/t11-/m0/s1. The molecular weight excluding hydrogens is 294 g/mol. The molecule has 1 heterocycles. The highest BCUT2D eigenvalue weighted by atomic mass is 32.1. The Morgan fingerprint density at radius 3 is 2.68 bits per heavy atom. The summed E-state index contributed by atoms with van der Waals surface area (Å²) in [6.45, 7) is 7.17. The number of carbonyl (C=O) groups excluding carboxylic acids is 1. The van der Waals surface area contributed by atoms with Crippen LogP contribution in [-0.4, -0.2) is 31.4 Å². The predicted molar refractivity (Wildman–Crippen MR) is 91.2 cm³/mol. The lowest BCUT2D eigenvalue weighted by Gasteiger charge is -2.33. The van der Waals surface area contributed by atoms with E-state index in [4.69, 9.17) is 0 Å². The molecule has 1 aromatic heterocycles. The lowest BCUT2D eigenvalue weighted by atomic mass is 9.72. The zero-order valence-electron chi connectivity index (χ0n) is 14.1. The molecule has 0 fully saturated rings. The molecule has 4 nitrogen and oxygen atoms in total. The average Bonchev–Trinajstić information content (AvgIpc) is 2.72. The van der Waals surface area contributed by atoms with E-state index in [2.05, 4.69) is 32.2 Å². The third-order valence-corrected chi connectivity index (χ3v) is 5.48. The van der Waals surface area contributed by atoms with Crippen LogP contribution in [0.25, 0.3) is 0 Å². The van der Waals surface area contributed by atoms with Gasteiger partial charge in [0.2, 0.25) is 5.91 Å². The molecule has 1 aliphatic carbocycles. The van der Waals surface area contributed by atoms with Crippen molar-refractivity contribution in [3.05, 3.63) is 16.0 Å². The van der Waals surface area contributed by atoms with Crippen LogP contribution >= 0.6 is 11.3 Å². The molecule has 0 spiro atoms. The molecule has 1 amide bonds. The molecule has 0 saturated carbocycles. The van der Waals surface area contributed by atoms with Gasteiger partial charge in [-0.3, -0.25) is 4.79 Å². The van der Waals surface area contributed by atoms with E-state index in [0.717, 1.165) is 29.8 Å². The maximum atomic E-state index is 12.0. The fourth-order valence-corrected chi connectivity index (χ4v) is 4.28. The summed E-state index contributed by atoms with van der Waals surface area (Å²) in [5.74, 6) is 0.572. The Morgan fingerprint density at radius 2 is 2.14 bits per heavy atom. The fraction of sp³-hybridized carbons (Fsp3) is 0.647. The number of carbonyl (C=O) groups is 1. The van der Waals surface area contributed by atoms with Crippen molar-refractivity contribution >= 4 is 22.2 Å². The molecule has 5 heteroatoms. The second kappa shape index (κ2) is 6.39. The monoisotopic (exact) mass is 319 g/mol. The van der Waals surface area contributed by atoms with Crippen LogP contribution in [0.3, 0.4) is 0 Å². The van der Waals surface area contributed by atoms with E-state index in [1.165, 1.54) is 4.88 Å². The van der Waals surface area contributed by atoms with Crippen molar-refractivity contribution in [3.63, 3.8) is 0 Å². The zero-order chi connectivity index (χ0) is 16.5. The summed E-state index contributed by atoms with van der Waals surface area (Å²) >= 11 is 1.59. The van der Waals surface area contributed by atoms with Gasteiger partial charge in [-0.1, -0.05) is 20.8 Å². The Balaban J connectivity index is 2.23. The lowest BCUT2D eigenvalue weighted by molar-refractivity contribution is -0.116. The molecule has 1 aliphatic rings. The number of anilines is 1. The van der Waals surface area contributed by atoms with Crippen LogP contribution in [0.2, 0.25) is 0 Å². The maximum absolute atomic E-state index is 12.0. The van der Waals surface area contributed by atoms with E-state index >= 15 is 0 Å². The van der Waals surface area contributed by atoms with Crippen molar-refractivity contribution in [2.75, 3.05) is 26.0 Å². The van der Waals surface area contributed by atoms with Crippen LogP contribution in [0.15, 0.2) is 0 Å². The summed E-state index contributed by atoms with van der Waals surface area (Å²) in [6, 6.07) is 2.30. The van der Waals surface area contributed by atoms with E-state index in [1.54, 1.807) is 11.3 Å². The quantitative estimate of drug-likeness (QED) is 0.930. The van der Waals surface area contributed by atoms with Crippen molar-refractivity contribution in [2.24, 2.45) is 11.3 Å². The number of hydrogen-bond acceptors (Lipinski definition) is 4. The van der Waals surface area contributed by atoms with Gasteiger partial charge >= 0.3 is 0 Å². The van der Waals surface area contributed by atoms with Gasteiger partial charge in [0.1, 0.15) is 11.1 Å². The Bertz CT molecular complexity index is 605. The van der Waals surface area contributed by atoms with Gasteiger partial charge in [-0.25, -0.2) is 0 Å². The highest BCUT2D eigenvalue weighted by molar-refractivity contribution is 7.16. The zero-order valence-corrected chi connectivity index (χ0v) is 14.9. The van der Waals surface area contributed by atoms with Gasteiger partial charge in [-0.05, 0) is 50.3 Å². The van der Waals surface area contributed by atoms with Gasteiger partial charge in [0.05, 0.1) is 12.1 Å². The second-order valence-corrected chi connectivity index (χ2v) is 8.52. The van der Waals surface area contributed by atoms with Crippen LogP contribution in [0.5, 0.6) is 0 Å². The SMILES string of the molecule is CN(C)CC(=O)Nc1sc2c(c1C#N)CC[C@H](C(C)(C)C)C2. The molecule has 0 aromatic carbocycles. The highest BCUT2D eigenvalue weighted by Crippen LogP contribution is 2.43. The average molecular weight is 319 g/mol. The first-order valence-corrected chi connectivity index (χ1v) is 8.53. The van der Waals surface area contributed by atoms with Gasteiger partial charge in [0.25, 0.3) is 0 Å². The minimum absolute atomic E-state index is 0.0625. The summed E-state index contributed by atoms with van der Waals surface area (Å²) in [7, 11) is 3.72. The van der Waals surface area contributed by atoms with Crippen molar-refractivity contribution < 1.29 is 4.79 Å². The van der Waals surface area contributed by atoms with Gasteiger partial charge in [-0.2, -0.15) is 5.26 Å². The number of fused-ring (bicyclic) bond motifs is 1. The van der Waals surface area contributed by atoms with E-state index in [9.17, 15) is 10.1 Å². The van der Waals surface area contributed by atoms with Gasteiger partial charge in [0.15, 0.2) is 0 Å². The van der Waals surface area contributed by atoms with Crippen LogP contribution in [0.1, 0.15) is 43.2 Å². The third-order valence-electron chi connectivity index (χ3n) is 4.31. The molecule has 120 valence electrons. The number of nitrogens with zero attached hydrogens (tertiary/aromatic N) is 2. The number of nitrogens with one attached hydrogen (secondary N) is 1. The predicted octanol–water partition coefficient (Wildman–Crippen LogP) is 3.27. The molecule has 0 aliphatic heterocycles. The topological polar surface area (TPSA) is 56.1 Å². The largest absolute Gasteiger partial charge is 0.315 e. The molecule has 2 rings (SSSR count). The molecule has 1 N–H and O–H groups in total. The number of amides is 1.